The molecule has 0 aliphatic rings. The molecule has 1 heterocycles. The Balaban J connectivity index is 0.00000288. The van der Waals surface area contributed by atoms with Gasteiger partial charge < -0.3 is 20.4 Å². The number of rotatable bonds is 6. The van der Waals surface area contributed by atoms with E-state index in [1.807, 2.05) is 6.07 Å². The maximum Gasteiger partial charge on any atom is 0.287 e. The van der Waals surface area contributed by atoms with Crippen LogP contribution in [0.2, 0.25) is 0 Å². The van der Waals surface area contributed by atoms with Crippen molar-refractivity contribution in [1.82, 2.24) is 16.0 Å². The van der Waals surface area contributed by atoms with E-state index in [0.29, 0.717) is 25.6 Å². The molecular weight excluding hydrogens is 426 g/mol. The minimum absolute atomic E-state index is 0. The van der Waals surface area contributed by atoms with Gasteiger partial charge in [-0.1, -0.05) is 12.1 Å². The molecule has 0 aliphatic carbocycles. The first-order chi connectivity index (χ1) is 11.2. The maximum atomic E-state index is 13.1. The highest BCUT2D eigenvalue weighted by Crippen LogP contribution is 2.02. The maximum absolute atomic E-state index is 13.1. The van der Waals surface area contributed by atoms with Crippen LogP contribution in [0.4, 0.5) is 4.39 Å². The molecule has 130 valence electrons. The summed E-state index contributed by atoms with van der Waals surface area (Å²) < 4.78 is 18.1. The number of aliphatic imine (C=N–C) groups is 1. The number of guanidine groups is 1. The van der Waals surface area contributed by atoms with E-state index >= 15 is 0 Å². The van der Waals surface area contributed by atoms with Gasteiger partial charge >= 0.3 is 0 Å². The summed E-state index contributed by atoms with van der Waals surface area (Å²) in [7, 11) is 1.64. The fourth-order valence-corrected chi connectivity index (χ4v) is 1.91. The Bertz CT molecular complexity index is 662. The summed E-state index contributed by atoms with van der Waals surface area (Å²) in [4.78, 5) is 15.7. The second-order valence-corrected chi connectivity index (χ2v) is 4.72. The fraction of sp³-hybridized carbons (Fsp3) is 0.250. The highest BCUT2D eigenvalue weighted by molar-refractivity contribution is 14.0. The average Bonchev–Trinajstić information content (AvgIpc) is 3.08. The number of benzene rings is 1. The quantitative estimate of drug-likeness (QED) is 0.275. The van der Waals surface area contributed by atoms with E-state index in [9.17, 15) is 9.18 Å². The Kier molecular flexibility index (Phi) is 8.84. The monoisotopic (exact) mass is 446 g/mol. The topological polar surface area (TPSA) is 78.7 Å². The van der Waals surface area contributed by atoms with Gasteiger partial charge in [-0.3, -0.25) is 9.79 Å². The van der Waals surface area contributed by atoms with Crippen molar-refractivity contribution in [3.63, 3.8) is 0 Å². The largest absolute Gasteiger partial charge is 0.459 e. The number of hydrogen-bond donors (Lipinski definition) is 3. The molecule has 0 spiro atoms. The second-order valence-electron chi connectivity index (χ2n) is 4.72. The highest BCUT2D eigenvalue weighted by atomic mass is 127. The third-order valence-electron chi connectivity index (χ3n) is 3.02. The van der Waals surface area contributed by atoms with Gasteiger partial charge in [0.25, 0.3) is 5.91 Å². The normalized spacial score (nSPS) is 10.7. The third-order valence-corrected chi connectivity index (χ3v) is 3.02. The summed E-state index contributed by atoms with van der Waals surface area (Å²) in [6.07, 6.45) is 1.45. The number of hydrogen-bond acceptors (Lipinski definition) is 3. The van der Waals surface area contributed by atoms with Gasteiger partial charge in [0.15, 0.2) is 11.7 Å². The lowest BCUT2D eigenvalue weighted by atomic mass is 10.2. The van der Waals surface area contributed by atoms with Crippen molar-refractivity contribution in [3.05, 3.63) is 59.8 Å². The van der Waals surface area contributed by atoms with Crippen LogP contribution in [0.15, 0.2) is 52.1 Å². The van der Waals surface area contributed by atoms with E-state index in [1.165, 1.54) is 18.4 Å². The van der Waals surface area contributed by atoms with Crippen molar-refractivity contribution < 1.29 is 13.6 Å². The molecule has 1 aromatic heterocycles. The van der Waals surface area contributed by atoms with Gasteiger partial charge in [0, 0.05) is 26.7 Å². The van der Waals surface area contributed by atoms with Crippen LogP contribution in [-0.4, -0.2) is 32.0 Å². The van der Waals surface area contributed by atoms with Crippen molar-refractivity contribution in [1.29, 1.82) is 0 Å². The number of carbonyl (C=O) groups excluding carboxylic acids is 1. The Morgan fingerprint density at radius 2 is 1.96 bits per heavy atom. The zero-order chi connectivity index (χ0) is 16.5. The molecule has 2 rings (SSSR count). The van der Waals surface area contributed by atoms with Gasteiger partial charge in [0.05, 0.1) is 6.26 Å². The molecule has 24 heavy (non-hydrogen) atoms. The number of nitrogens with one attached hydrogen (secondary N) is 3. The van der Waals surface area contributed by atoms with E-state index in [-0.39, 0.29) is 41.5 Å². The molecule has 1 amide bonds. The Labute approximate surface area is 156 Å². The smallest absolute Gasteiger partial charge is 0.287 e. The molecule has 0 radical (unpaired) electrons. The fourth-order valence-electron chi connectivity index (χ4n) is 1.91. The summed E-state index contributed by atoms with van der Waals surface area (Å²) in [5, 5.41) is 8.84. The summed E-state index contributed by atoms with van der Waals surface area (Å²) in [6.45, 7) is 1.37. The molecule has 0 saturated heterocycles. The van der Waals surface area contributed by atoms with E-state index in [4.69, 9.17) is 4.42 Å². The molecule has 3 N–H and O–H groups in total. The predicted molar refractivity (Wildman–Crippen MR) is 101 cm³/mol. The lowest BCUT2D eigenvalue weighted by molar-refractivity contribution is 0.0926. The van der Waals surface area contributed by atoms with Crippen LogP contribution in [0.25, 0.3) is 0 Å². The minimum atomic E-state index is -0.270. The van der Waals surface area contributed by atoms with Crippen LogP contribution >= 0.6 is 24.0 Å². The van der Waals surface area contributed by atoms with Crippen molar-refractivity contribution in [2.75, 3.05) is 20.1 Å². The molecule has 0 bridgehead atoms. The van der Waals surface area contributed by atoms with Crippen molar-refractivity contribution in [2.45, 2.75) is 6.54 Å². The minimum Gasteiger partial charge on any atom is -0.459 e. The second kappa shape index (κ2) is 10.6. The molecule has 2 aromatic rings. The van der Waals surface area contributed by atoms with Crippen LogP contribution in [0.1, 0.15) is 16.1 Å². The van der Waals surface area contributed by atoms with Crippen LogP contribution in [0, 0.1) is 5.82 Å². The zero-order valence-corrected chi connectivity index (χ0v) is 15.5. The zero-order valence-electron chi connectivity index (χ0n) is 13.2. The first-order valence-corrected chi connectivity index (χ1v) is 7.19. The van der Waals surface area contributed by atoms with Gasteiger partial charge in [-0.05, 0) is 29.8 Å². The van der Waals surface area contributed by atoms with Gasteiger partial charge in [0.1, 0.15) is 5.82 Å². The van der Waals surface area contributed by atoms with E-state index in [2.05, 4.69) is 20.9 Å². The van der Waals surface area contributed by atoms with E-state index in [1.54, 1.807) is 25.2 Å². The summed E-state index contributed by atoms with van der Waals surface area (Å²) >= 11 is 0. The molecule has 8 heteroatoms. The number of carbonyl (C=O) groups is 1. The molecule has 1 aromatic carbocycles. The Morgan fingerprint density at radius 3 is 2.62 bits per heavy atom. The summed E-state index contributed by atoms with van der Waals surface area (Å²) in [5.41, 5.74) is 0.819. The Morgan fingerprint density at radius 1 is 1.17 bits per heavy atom. The SMILES string of the molecule is CN=C(NCCNC(=O)c1ccco1)NCc1cccc(F)c1.I. The van der Waals surface area contributed by atoms with Gasteiger partial charge in [-0.25, -0.2) is 4.39 Å². The molecule has 0 unspecified atom stereocenters. The lowest BCUT2D eigenvalue weighted by Gasteiger charge is -2.12. The molecule has 6 nitrogen and oxygen atoms in total. The molecular formula is C16H20FIN4O2. The standard InChI is InChI=1S/C16H19FN4O2.HI/c1-18-16(21-11-12-4-2-5-13(17)10-12)20-8-7-19-15(22)14-6-3-9-23-14;/h2-6,9-10H,7-8,11H2,1H3,(H,19,22)(H2,18,20,21);1H. The van der Waals surface area contributed by atoms with Crippen LogP contribution in [0.3, 0.4) is 0 Å². The average molecular weight is 446 g/mol. The van der Waals surface area contributed by atoms with Crippen molar-refractivity contribution in [3.8, 4) is 0 Å². The van der Waals surface area contributed by atoms with Crippen molar-refractivity contribution in [2.24, 2.45) is 4.99 Å². The Hall–Kier alpha value is -2.10. The molecule has 0 saturated carbocycles. The van der Waals surface area contributed by atoms with Gasteiger partial charge in [-0.15, -0.1) is 24.0 Å². The van der Waals surface area contributed by atoms with Crippen molar-refractivity contribution >= 4 is 35.8 Å². The molecule has 0 aliphatic heterocycles. The predicted octanol–water partition coefficient (Wildman–Crippen LogP) is 2.13. The van der Waals surface area contributed by atoms with Crippen LogP contribution in [-0.2, 0) is 6.54 Å². The first kappa shape index (κ1) is 19.9. The molecule has 0 fully saturated rings. The first-order valence-electron chi connectivity index (χ1n) is 7.19. The van der Waals surface area contributed by atoms with E-state index < -0.39 is 0 Å². The third kappa shape index (κ3) is 6.57. The number of furan rings is 1. The van der Waals surface area contributed by atoms with Crippen LogP contribution < -0.4 is 16.0 Å². The van der Waals surface area contributed by atoms with E-state index in [0.717, 1.165) is 5.56 Å². The summed E-state index contributed by atoms with van der Waals surface area (Å²) in [6, 6.07) is 9.61. The highest BCUT2D eigenvalue weighted by Gasteiger charge is 2.06. The van der Waals surface area contributed by atoms with Crippen LogP contribution in [0.5, 0.6) is 0 Å². The lowest BCUT2D eigenvalue weighted by Crippen LogP contribution is -2.41. The molecule has 0 atom stereocenters. The summed E-state index contributed by atoms with van der Waals surface area (Å²) in [5.74, 6) is 0.313. The number of amides is 1. The number of halogens is 2. The van der Waals surface area contributed by atoms with Gasteiger partial charge in [0.2, 0.25) is 0 Å². The van der Waals surface area contributed by atoms with Gasteiger partial charge in [-0.2, -0.15) is 0 Å². The number of nitrogens with zero attached hydrogens (tertiary/aromatic N) is 1.